The highest BCUT2D eigenvalue weighted by Crippen LogP contribution is 2.17. The van der Waals surface area contributed by atoms with E-state index in [2.05, 4.69) is 16.3 Å². The molecule has 1 amide bonds. The molecule has 2 aromatic rings. The lowest BCUT2D eigenvalue weighted by Crippen LogP contribution is -2.26. The highest BCUT2D eigenvalue weighted by molar-refractivity contribution is 6.06. The number of aromatic amines is 1. The maximum absolute atomic E-state index is 12.2. The van der Waals surface area contributed by atoms with Crippen molar-refractivity contribution < 1.29 is 4.79 Å². The first kappa shape index (κ1) is 11.9. The lowest BCUT2D eigenvalue weighted by atomic mass is 10.2. The van der Waals surface area contributed by atoms with Crippen molar-refractivity contribution in [3.8, 4) is 6.07 Å². The molecule has 0 saturated carbocycles. The summed E-state index contributed by atoms with van der Waals surface area (Å²) in [6, 6.07) is 8.96. The zero-order valence-corrected chi connectivity index (χ0v) is 10.1. The third-order valence-electron chi connectivity index (χ3n) is 2.73. The summed E-state index contributed by atoms with van der Waals surface area (Å²) < 4.78 is 0. The summed E-state index contributed by atoms with van der Waals surface area (Å²) in [5, 5.41) is 15.4. The Morgan fingerprint density at radius 3 is 2.89 bits per heavy atom. The molecule has 0 bridgehead atoms. The van der Waals surface area contributed by atoms with Gasteiger partial charge in [-0.05, 0) is 25.1 Å². The molecule has 0 aliphatic heterocycles. The van der Waals surface area contributed by atoms with Crippen LogP contribution < -0.4 is 4.90 Å². The number of hydrogen-bond acceptors (Lipinski definition) is 3. The van der Waals surface area contributed by atoms with Gasteiger partial charge in [0.25, 0.3) is 5.91 Å². The van der Waals surface area contributed by atoms with E-state index < -0.39 is 0 Å². The number of carbonyl (C=O) groups is 1. The van der Waals surface area contributed by atoms with Gasteiger partial charge in [-0.2, -0.15) is 10.4 Å². The van der Waals surface area contributed by atoms with Crippen LogP contribution in [0.4, 0.5) is 5.69 Å². The van der Waals surface area contributed by atoms with Gasteiger partial charge in [0.15, 0.2) is 0 Å². The third kappa shape index (κ3) is 2.09. The summed E-state index contributed by atoms with van der Waals surface area (Å²) in [6.07, 6.45) is 1.50. The Hall–Kier alpha value is -2.61. The maximum Gasteiger partial charge on any atom is 0.261 e. The lowest BCUT2D eigenvalue weighted by molar-refractivity contribution is 0.0992. The zero-order chi connectivity index (χ0) is 13.1. The van der Waals surface area contributed by atoms with E-state index in [1.165, 1.54) is 11.1 Å². The number of carbonyl (C=O) groups excluding carboxylic acids is 1. The molecule has 0 fully saturated rings. The van der Waals surface area contributed by atoms with Gasteiger partial charge in [-0.1, -0.05) is 6.07 Å². The molecule has 18 heavy (non-hydrogen) atoms. The van der Waals surface area contributed by atoms with Gasteiger partial charge in [-0.25, -0.2) is 0 Å². The minimum absolute atomic E-state index is 0.156. The van der Waals surface area contributed by atoms with Gasteiger partial charge >= 0.3 is 0 Å². The van der Waals surface area contributed by atoms with Gasteiger partial charge in [-0.3, -0.25) is 9.89 Å². The van der Waals surface area contributed by atoms with Gasteiger partial charge in [0, 0.05) is 18.4 Å². The SMILES string of the molecule is Cc1[nH]ncc1C(=O)N(C)c1cccc(C#N)c1. The average molecular weight is 240 g/mol. The number of nitrogens with zero attached hydrogens (tertiary/aromatic N) is 3. The van der Waals surface area contributed by atoms with Crippen molar-refractivity contribution in [1.29, 1.82) is 5.26 Å². The maximum atomic E-state index is 12.2. The molecule has 5 nitrogen and oxygen atoms in total. The lowest BCUT2D eigenvalue weighted by Gasteiger charge is -2.17. The van der Waals surface area contributed by atoms with Crippen LogP contribution in [0.15, 0.2) is 30.5 Å². The molecule has 2 rings (SSSR count). The largest absolute Gasteiger partial charge is 0.311 e. The second kappa shape index (κ2) is 4.72. The minimum atomic E-state index is -0.156. The number of nitriles is 1. The van der Waals surface area contributed by atoms with Crippen molar-refractivity contribution in [3.63, 3.8) is 0 Å². The zero-order valence-electron chi connectivity index (χ0n) is 10.1. The standard InChI is InChI=1S/C13H12N4O/c1-9-12(8-15-16-9)13(18)17(2)11-5-3-4-10(6-11)7-14/h3-6,8H,1-2H3,(H,15,16). The van der Waals surface area contributed by atoms with Crippen LogP contribution >= 0.6 is 0 Å². The first-order valence-electron chi connectivity index (χ1n) is 5.41. The predicted octanol–water partition coefficient (Wildman–Crippen LogP) is 1.87. The number of aryl methyl sites for hydroxylation is 1. The molecule has 5 heteroatoms. The smallest absolute Gasteiger partial charge is 0.261 e. The van der Waals surface area contributed by atoms with E-state index in [0.717, 1.165) is 5.69 Å². The topological polar surface area (TPSA) is 72.8 Å². The number of benzene rings is 1. The summed E-state index contributed by atoms with van der Waals surface area (Å²) >= 11 is 0. The van der Waals surface area contributed by atoms with Gasteiger partial charge in [0.1, 0.15) is 0 Å². The summed E-state index contributed by atoms with van der Waals surface area (Å²) in [6.45, 7) is 1.79. The quantitative estimate of drug-likeness (QED) is 0.870. The number of aromatic nitrogens is 2. The first-order chi connectivity index (χ1) is 8.63. The summed E-state index contributed by atoms with van der Waals surface area (Å²) in [5.41, 5.74) is 2.46. The Balaban J connectivity index is 2.32. The van der Waals surface area contributed by atoms with E-state index in [9.17, 15) is 4.79 Å². The van der Waals surface area contributed by atoms with Crippen LogP contribution in [0.1, 0.15) is 21.6 Å². The number of amides is 1. The van der Waals surface area contributed by atoms with Gasteiger partial charge < -0.3 is 4.90 Å². The molecule has 0 aliphatic carbocycles. The van der Waals surface area contributed by atoms with Crippen LogP contribution in [0, 0.1) is 18.3 Å². The van der Waals surface area contributed by atoms with Crippen molar-refractivity contribution in [2.75, 3.05) is 11.9 Å². The normalized spacial score (nSPS) is 9.83. The van der Waals surface area contributed by atoms with Crippen molar-refractivity contribution in [2.24, 2.45) is 0 Å². The van der Waals surface area contributed by atoms with Gasteiger partial charge in [0.2, 0.25) is 0 Å². The van der Waals surface area contributed by atoms with Crippen molar-refractivity contribution in [3.05, 3.63) is 47.3 Å². The Kier molecular flexibility index (Phi) is 3.11. The number of anilines is 1. The Bertz CT molecular complexity index is 624. The number of H-pyrrole nitrogens is 1. The van der Waals surface area contributed by atoms with Gasteiger partial charge in [-0.15, -0.1) is 0 Å². The van der Waals surface area contributed by atoms with Crippen LogP contribution in [-0.2, 0) is 0 Å². The fraction of sp³-hybridized carbons (Fsp3) is 0.154. The van der Waals surface area contributed by atoms with E-state index in [1.807, 2.05) is 0 Å². The van der Waals surface area contributed by atoms with Crippen LogP contribution in [0.25, 0.3) is 0 Å². The highest BCUT2D eigenvalue weighted by Gasteiger charge is 2.17. The monoisotopic (exact) mass is 240 g/mol. The van der Waals surface area contributed by atoms with Crippen LogP contribution in [-0.4, -0.2) is 23.2 Å². The van der Waals surface area contributed by atoms with Gasteiger partial charge in [0.05, 0.1) is 23.4 Å². The minimum Gasteiger partial charge on any atom is -0.311 e. The second-order valence-corrected chi connectivity index (χ2v) is 3.93. The fourth-order valence-electron chi connectivity index (χ4n) is 1.65. The molecule has 0 unspecified atom stereocenters. The molecule has 0 atom stereocenters. The molecule has 0 saturated heterocycles. The summed E-state index contributed by atoms with van der Waals surface area (Å²) in [4.78, 5) is 13.7. The van der Waals surface area contributed by atoms with E-state index in [-0.39, 0.29) is 5.91 Å². The number of nitrogens with one attached hydrogen (secondary N) is 1. The van der Waals surface area contributed by atoms with Crippen LogP contribution in [0.2, 0.25) is 0 Å². The van der Waals surface area contributed by atoms with E-state index >= 15 is 0 Å². The molecule has 90 valence electrons. The van der Waals surface area contributed by atoms with Crippen LogP contribution in [0.5, 0.6) is 0 Å². The van der Waals surface area contributed by atoms with Crippen LogP contribution in [0.3, 0.4) is 0 Å². The predicted molar refractivity (Wildman–Crippen MR) is 67.2 cm³/mol. The first-order valence-corrected chi connectivity index (χ1v) is 5.41. The molecule has 1 heterocycles. The van der Waals surface area contributed by atoms with E-state index in [0.29, 0.717) is 16.8 Å². The molecule has 0 aliphatic rings. The third-order valence-corrected chi connectivity index (χ3v) is 2.73. The molecule has 1 aromatic carbocycles. The Morgan fingerprint density at radius 1 is 1.50 bits per heavy atom. The number of rotatable bonds is 2. The molecule has 0 spiro atoms. The summed E-state index contributed by atoms with van der Waals surface area (Å²) in [7, 11) is 1.67. The second-order valence-electron chi connectivity index (χ2n) is 3.93. The fourth-order valence-corrected chi connectivity index (χ4v) is 1.65. The molecule has 0 radical (unpaired) electrons. The Morgan fingerprint density at radius 2 is 2.28 bits per heavy atom. The molecular weight excluding hydrogens is 228 g/mol. The molecule has 1 aromatic heterocycles. The van der Waals surface area contributed by atoms with Crippen molar-refractivity contribution in [2.45, 2.75) is 6.92 Å². The highest BCUT2D eigenvalue weighted by atomic mass is 16.2. The molecular formula is C13H12N4O. The summed E-state index contributed by atoms with van der Waals surface area (Å²) in [5.74, 6) is -0.156. The van der Waals surface area contributed by atoms with Crippen molar-refractivity contribution >= 4 is 11.6 Å². The number of hydrogen-bond donors (Lipinski definition) is 1. The van der Waals surface area contributed by atoms with E-state index in [1.54, 1.807) is 38.2 Å². The molecule has 1 N–H and O–H groups in total. The average Bonchev–Trinajstić information content (AvgIpc) is 2.83. The van der Waals surface area contributed by atoms with Crippen molar-refractivity contribution in [1.82, 2.24) is 10.2 Å². The van der Waals surface area contributed by atoms with E-state index in [4.69, 9.17) is 5.26 Å². The Labute approximate surface area is 105 Å².